The first-order valence-corrected chi connectivity index (χ1v) is 12.5. The molecule has 0 aliphatic carbocycles. The van der Waals surface area contributed by atoms with E-state index >= 15 is 0 Å². The van der Waals surface area contributed by atoms with Crippen LogP contribution in [0.25, 0.3) is 0 Å². The fraction of sp³-hybridized carbons (Fsp3) is 0.300. The van der Waals surface area contributed by atoms with Crippen molar-refractivity contribution in [2.45, 2.75) is 24.6 Å². The monoisotopic (exact) mass is 468 g/mol. The summed E-state index contributed by atoms with van der Waals surface area (Å²) >= 11 is 13.7. The lowest BCUT2D eigenvalue weighted by molar-refractivity contribution is -0.117. The van der Waals surface area contributed by atoms with E-state index < -0.39 is 9.84 Å². The molecular formula is C20H18Cl2N2O3S2. The predicted molar refractivity (Wildman–Crippen MR) is 120 cm³/mol. The maximum Gasteiger partial charge on any atom is 0.252 e. The molecule has 9 heteroatoms. The van der Waals surface area contributed by atoms with Crippen LogP contribution in [0.2, 0.25) is 10.0 Å². The van der Waals surface area contributed by atoms with Crippen molar-refractivity contribution >= 4 is 61.6 Å². The number of sulfone groups is 1. The smallest absolute Gasteiger partial charge is 0.252 e. The molecule has 29 heavy (non-hydrogen) atoms. The van der Waals surface area contributed by atoms with Gasteiger partial charge in [-0.25, -0.2) is 8.42 Å². The maximum atomic E-state index is 12.6. The Balaban J connectivity index is 1.67. The molecule has 2 aliphatic rings. The molecule has 2 aliphatic heterocycles. The van der Waals surface area contributed by atoms with E-state index in [0.29, 0.717) is 20.9 Å². The topological polar surface area (TPSA) is 66.8 Å². The molecular weight excluding hydrogens is 451 g/mol. The lowest BCUT2D eigenvalue weighted by Gasteiger charge is -2.25. The van der Waals surface area contributed by atoms with E-state index in [4.69, 9.17) is 23.2 Å². The molecule has 2 saturated heterocycles. The SMILES string of the molecule is Cc1cccc(CC(=O)N=C2S[C@H]3CS(=O)(=O)C[C@H]3N2c2ccc(Cl)cc2Cl)c1. The van der Waals surface area contributed by atoms with Crippen LogP contribution in [0.5, 0.6) is 0 Å². The third kappa shape index (κ3) is 4.48. The predicted octanol–water partition coefficient (Wildman–Crippen LogP) is 4.15. The Morgan fingerprint density at radius 3 is 2.72 bits per heavy atom. The number of aliphatic imine (C=N–C) groups is 1. The van der Waals surface area contributed by atoms with Gasteiger partial charge < -0.3 is 4.90 Å². The van der Waals surface area contributed by atoms with Gasteiger partial charge in [0.15, 0.2) is 15.0 Å². The number of carbonyl (C=O) groups excluding carboxylic acids is 1. The van der Waals surface area contributed by atoms with Gasteiger partial charge in [0.25, 0.3) is 5.91 Å². The van der Waals surface area contributed by atoms with Crippen LogP contribution in [0.1, 0.15) is 11.1 Å². The van der Waals surface area contributed by atoms with Crippen molar-refractivity contribution in [3.05, 3.63) is 63.6 Å². The van der Waals surface area contributed by atoms with Gasteiger partial charge in [0, 0.05) is 10.3 Å². The molecule has 0 aromatic heterocycles. The zero-order valence-electron chi connectivity index (χ0n) is 15.5. The average Bonchev–Trinajstić information content (AvgIpc) is 3.06. The van der Waals surface area contributed by atoms with Crippen molar-refractivity contribution in [1.82, 2.24) is 0 Å². The number of hydrogen-bond acceptors (Lipinski definition) is 4. The third-order valence-corrected chi connectivity index (χ3v) is 8.64. The summed E-state index contributed by atoms with van der Waals surface area (Å²) in [5, 5.41) is 1.17. The number of anilines is 1. The van der Waals surface area contributed by atoms with E-state index in [0.717, 1.165) is 11.1 Å². The number of halogens is 2. The number of amides is 1. The first-order valence-electron chi connectivity index (χ1n) is 9.00. The number of hydrogen-bond donors (Lipinski definition) is 0. The molecule has 2 heterocycles. The molecule has 5 nitrogen and oxygen atoms in total. The molecule has 2 aromatic rings. The van der Waals surface area contributed by atoms with Crippen LogP contribution >= 0.6 is 35.0 Å². The number of carbonyl (C=O) groups is 1. The standard InChI is InChI=1S/C20H18Cl2N2O3S2/c1-12-3-2-4-13(7-12)8-19(25)23-20-24(16-6-5-14(21)9-15(16)22)17-10-29(26,27)11-18(17)28-20/h2-7,9,17-18H,8,10-11H2,1H3/t17-,18+/m1/s1. The van der Waals surface area contributed by atoms with Gasteiger partial charge in [-0.3, -0.25) is 4.79 Å². The highest BCUT2D eigenvalue weighted by molar-refractivity contribution is 8.16. The van der Waals surface area contributed by atoms with Gasteiger partial charge in [0.2, 0.25) is 0 Å². The van der Waals surface area contributed by atoms with E-state index in [9.17, 15) is 13.2 Å². The van der Waals surface area contributed by atoms with Crippen LogP contribution in [-0.4, -0.2) is 42.3 Å². The van der Waals surface area contributed by atoms with E-state index in [1.54, 1.807) is 23.1 Å². The van der Waals surface area contributed by atoms with Gasteiger partial charge in [-0.15, -0.1) is 0 Å². The minimum absolute atomic E-state index is 0.00864. The van der Waals surface area contributed by atoms with Gasteiger partial charge in [-0.05, 0) is 30.7 Å². The normalized spacial score (nSPS) is 24.1. The Hall–Kier alpha value is -1.54. The van der Waals surface area contributed by atoms with Crippen molar-refractivity contribution in [2.75, 3.05) is 16.4 Å². The highest BCUT2D eigenvalue weighted by Crippen LogP contribution is 2.43. The summed E-state index contributed by atoms with van der Waals surface area (Å²) in [6.45, 7) is 1.97. The molecule has 2 atom stereocenters. The largest absolute Gasteiger partial charge is 0.314 e. The zero-order valence-corrected chi connectivity index (χ0v) is 18.7. The molecule has 0 bridgehead atoms. The number of nitrogens with zero attached hydrogens (tertiary/aromatic N) is 2. The fourth-order valence-corrected chi connectivity index (χ4v) is 8.09. The summed E-state index contributed by atoms with van der Waals surface area (Å²) in [4.78, 5) is 18.8. The molecule has 4 rings (SSSR count). The Bertz CT molecular complexity index is 1120. The number of aryl methyl sites for hydroxylation is 1. The van der Waals surface area contributed by atoms with Gasteiger partial charge in [0.05, 0.1) is 34.7 Å². The average molecular weight is 469 g/mol. The molecule has 2 aromatic carbocycles. The molecule has 0 radical (unpaired) electrons. The van der Waals surface area contributed by atoms with E-state index in [2.05, 4.69) is 4.99 Å². The number of rotatable bonds is 3. The lowest BCUT2D eigenvalue weighted by Crippen LogP contribution is -2.38. The second-order valence-electron chi connectivity index (χ2n) is 7.22. The number of amidine groups is 1. The maximum absolute atomic E-state index is 12.6. The Labute approximate surface area is 184 Å². The molecule has 0 spiro atoms. The summed E-state index contributed by atoms with van der Waals surface area (Å²) in [7, 11) is -3.14. The number of benzene rings is 2. The summed E-state index contributed by atoms with van der Waals surface area (Å²) in [5.74, 6) is -0.208. The highest BCUT2D eigenvalue weighted by atomic mass is 35.5. The van der Waals surface area contributed by atoms with Crippen molar-refractivity contribution < 1.29 is 13.2 Å². The van der Waals surface area contributed by atoms with Crippen LogP contribution in [-0.2, 0) is 21.1 Å². The molecule has 0 unspecified atom stereocenters. The van der Waals surface area contributed by atoms with E-state index in [-0.39, 0.29) is 35.1 Å². The van der Waals surface area contributed by atoms with Crippen LogP contribution < -0.4 is 4.90 Å². The van der Waals surface area contributed by atoms with Crippen molar-refractivity contribution in [1.29, 1.82) is 0 Å². The van der Waals surface area contributed by atoms with Crippen LogP contribution in [0, 0.1) is 6.92 Å². The van der Waals surface area contributed by atoms with Crippen molar-refractivity contribution in [2.24, 2.45) is 4.99 Å². The van der Waals surface area contributed by atoms with Crippen LogP contribution in [0.4, 0.5) is 5.69 Å². The van der Waals surface area contributed by atoms with E-state index in [1.807, 2.05) is 31.2 Å². The fourth-order valence-electron chi connectivity index (χ4n) is 3.67. The molecule has 1 amide bonds. The minimum atomic E-state index is -3.14. The van der Waals surface area contributed by atoms with Crippen LogP contribution in [0.15, 0.2) is 47.5 Å². The third-order valence-electron chi connectivity index (χ3n) is 4.89. The first-order chi connectivity index (χ1) is 13.7. The minimum Gasteiger partial charge on any atom is -0.314 e. The van der Waals surface area contributed by atoms with Gasteiger partial charge in [-0.1, -0.05) is 64.8 Å². The van der Waals surface area contributed by atoms with Gasteiger partial charge >= 0.3 is 0 Å². The van der Waals surface area contributed by atoms with Crippen LogP contribution in [0.3, 0.4) is 0 Å². The molecule has 0 N–H and O–H groups in total. The Morgan fingerprint density at radius 1 is 1.21 bits per heavy atom. The highest BCUT2D eigenvalue weighted by Gasteiger charge is 2.49. The Morgan fingerprint density at radius 2 is 2.00 bits per heavy atom. The summed E-state index contributed by atoms with van der Waals surface area (Å²) in [6, 6.07) is 12.4. The number of fused-ring (bicyclic) bond motifs is 1. The molecule has 2 fully saturated rings. The summed E-state index contributed by atoms with van der Waals surface area (Å²) in [5.41, 5.74) is 2.57. The van der Waals surface area contributed by atoms with Crippen molar-refractivity contribution in [3.8, 4) is 0 Å². The summed E-state index contributed by atoms with van der Waals surface area (Å²) < 4.78 is 24.3. The van der Waals surface area contributed by atoms with Crippen molar-refractivity contribution in [3.63, 3.8) is 0 Å². The second-order valence-corrected chi connectivity index (χ2v) is 11.4. The van der Waals surface area contributed by atoms with Gasteiger partial charge in [-0.2, -0.15) is 4.99 Å². The zero-order chi connectivity index (χ0) is 20.8. The van der Waals surface area contributed by atoms with E-state index in [1.165, 1.54) is 11.8 Å². The number of thioether (sulfide) groups is 1. The lowest BCUT2D eigenvalue weighted by atomic mass is 10.1. The molecule has 152 valence electrons. The summed E-state index contributed by atoms with van der Waals surface area (Å²) in [6.07, 6.45) is 0.182. The second kappa shape index (κ2) is 7.95. The Kier molecular flexibility index (Phi) is 5.68. The molecule has 0 saturated carbocycles. The quantitative estimate of drug-likeness (QED) is 0.676. The first kappa shape index (κ1) is 20.7. The van der Waals surface area contributed by atoms with Gasteiger partial charge in [0.1, 0.15) is 0 Å².